The van der Waals surface area contributed by atoms with E-state index in [4.69, 9.17) is 16.0 Å². The summed E-state index contributed by atoms with van der Waals surface area (Å²) in [5.41, 5.74) is 0.764. The number of halogens is 3. The monoisotopic (exact) mass is 345 g/mol. The summed E-state index contributed by atoms with van der Waals surface area (Å²) in [6.45, 7) is 2.80. The van der Waals surface area contributed by atoms with Crippen LogP contribution in [-0.4, -0.2) is 6.54 Å². The van der Waals surface area contributed by atoms with Gasteiger partial charge in [-0.1, -0.05) is 30.7 Å². The normalized spacial score (nSPS) is 12.6. The lowest BCUT2D eigenvalue weighted by Crippen LogP contribution is -2.22. The maximum absolute atomic E-state index is 13.4. The van der Waals surface area contributed by atoms with Crippen molar-refractivity contribution in [3.05, 3.63) is 57.2 Å². The van der Waals surface area contributed by atoms with E-state index in [1.807, 2.05) is 25.1 Å². The van der Waals surface area contributed by atoms with Crippen LogP contribution in [0, 0.1) is 5.82 Å². The van der Waals surface area contributed by atoms with Gasteiger partial charge >= 0.3 is 0 Å². The minimum absolute atomic E-state index is 0.0319. The molecule has 1 unspecified atom stereocenters. The van der Waals surface area contributed by atoms with Crippen LogP contribution in [0.15, 0.2) is 39.4 Å². The van der Waals surface area contributed by atoms with Gasteiger partial charge in [-0.15, -0.1) is 0 Å². The fraction of sp³-hybridized carbons (Fsp3) is 0.286. The summed E-state index contributed by atoms with van der Waals surface area (Å²) in [5, 5.41) is 3.49. The lowest BCUT2D eigenvalue weighted by molar-refractivity contribution is 0.405. The maximum atomic E-state index is 13.4. The molecule has 0 fully saturated rings. The molecule has 1 aromatic heterocycles. The van der Waals surface area contributed by atoms with Crippen LogP contribution in [0.25, 0.3) is 0 Å². The number of rotatable bonds is 5. The number of nitrogens with one attached hydrogen (secondary N) is 1. The quantitative estimate of drug-likeness (QED) is 0.847. The highest BCUT2D eigenvalue weighted by Gasteiger charge is 2.17. The second-order valence-electron chi connectivity index (χ2n) is 4.17. The second kappa shape index (κ2) is 6.55. The van der Waals surface area contributed by atoms with Gasteiger partial charge < -0.3 is 9.73 Å². The van der Waals surface area contributed by atoms with Crippen LogP contribution in [0.5, 0.6) is 0 Å². The van der Waals surface area contributed by atoms with Crippen molar-refractivity contribution in [2.75, 3.05) is 6.54 Å². The van der Waals surface area contributed by atoms with E-state index in [0.717, 1.165) is 17.9 Å². The van der Waals surface area contributed by atoms with E-state index in [0.29, 0.717) is 11.1 Å². The van der Waals surface area contributed by atoms with E-state index < -0.39 is 5.82 Å². The molecule has 0 spiro atoms. The molecule has 1 atom stereocenters. The standard InChI is InChI=1S/C14H14BrClFNO/c1-2-18-11(12-6-7-13(15)19-12)8-9-4-3-5-10(17)14(9)16/h3-7,11,18H,2,8H2,1H3. The van der Waals surface area contributed by atoms with Crippen LogP contribution in [-0.2, 0) is 6.42 Å². The fourth-order valence-electron chi connectivity index (χ4n) is 1.96. The molecule has 0 aliphatic rings. The van der Waals surface area contributed by atoms with Gasteiger partial charge in [0.2, 0.25) is 0 Å². The third kappa shape index (κ3) is 3.59. The van der Waals surface area contributed by atoms with Crippen molar-refractivity contribution in [2.45, 2.75) is 19.4 Å². The van der Waals surface area contributed by atoms with E-state index in [-0.39, 0.29) is 11.1 Å². The van der Waals surface area contributed by atoms with Crippen LogP contribution in [0.4, 0.5) is 4.39 Å². The first kappa shape index (κ1) is 14.6. The van der Waals surface area contributed by atoms with Gasteiger partial charge in [0.05, 0.1) is 11.1 Å². The van der Waals surface area contributed by atoms with Crippen molar-refractivity contribution in [3.63, 3.8) is 0 Å². The van der Waals surface area contributed by atoms with Gasteiger partial charge in [-0.25, -0.2) is 4.39 Å². The van der Waals surface area contributed by atoms with Gasteiger partial charge in [-0.2, -0.15) is 0 Å². The van der Waals surface area contributed by atoms with Crippen molar-refractivity contribution < 1.29 is 8.81 Å². The van der Waals surface area contributed by atoms with E-state index in [1.165, 1.54) is 6.07 Å². The Balaban J connectivity index is 2.23. The Labute approximate surface area is 125 Å². The summed E-state index contributed by atoms with van der Waals surface area (Å²) in [6, 6.07) is 8.55. The van der Waals surface area contributed by atoms with Crippen LogP contribution < -0.4 is 5.32 Å². The van der Waals surface area contributed by atoms with Crippen molar-refractivity contribution in [3.8, 4) is 0 Å². The molecular formula is C14H14BrClFNO. The zero-order valence-corrected chi connectivity index (χ0v) is 12.8. The summed E-state index contributed by atoms with van der Waals surface area (Å²) >= 11 is 9.27. The Morgan fingerprint density at radius 2 is 2.16 bits per heavy atom. The molecule has 5 heteroatoms. The number of hydrogen-bond donors (Lipinski definition) is 1. The van der Waals surface area contributed by atoms with E-state index in [2.05, 4.69) is 21.2 Å². The van der Waals surface area contributed by atoms with Gasteiger partial charge in [0.15, 0.2) is 4.67 Å². The molecule has 0 amide bonds. The topological polar surface area (TPSA) is 25.2 Å². The molecule has 0 saturated carbocycles. The van der Waals surface area contributed by atoms with Crippen LogP contribution in [0.3, 0.4) is 0 Å². The van der Waals surface area contributed by atoms with Crippen LogP contribution >= 0.6 is 27.5 Å². The molecule has 0 aliphatic heterocycles. The number of benzene rings is 1. The van der Waals surface area contributed by atoms with E-state index >= 15 is 0 Å². The van der Waals surface area contributed by atoms with Crippen molar-refractivity contribution in [2.24, 2.45) is 0 Å². The summed E-state index contributed by atoms with van der Waals surface area (Å²) in [7, 11) is 0. The molecule has 0 bridgehead atoms. The second-order valence-corrected chi connectivity index (χ2v) is 5.33. The van der Waals surface area contributed by atoms with Gasteiger partial charge in [-0.05, 0) is 52.7 Å². The zero-order valence-electron chi connectivity index (χ0n) is 10.4. The third-order valence-electron chi connectivity index (χ3n) is 2.84. The molecule has 1 N–H and O–H groups in total. The largest absolute Gasteiger partial charge is 0.453 e. The molecule has 2 rings (SSSR count). The predicted octanol–water partition coefficient (Wildman–Crippen LogP) is 4.73. The SMILES string of the molecule is CCNC(Cc1cccc(F)c1Cl)c1ccc(Br)o1. The fourth-order valence-corrected chi connectivity index (χ4v) is 2.48. The van der Waals surface area contributed by atoms with Gasteiger partial charge in [0, 0.05) is 0 Å². The summed E-state index contributed by atoms with van der Waals surface area (Å²) < 4.78 is 19.7. The molecule has 2 aromatic rings. The first-order chi connectivity index (χ1) is 9.11. The minimum Gasteiger partial charge on any atom is -0.453 e. The van der Waals surface area contributed by atoms with Crippen LogP contribution in [0.1, 0.15) is 24.3 Å². The Hall–Kier alpha value is -0.840. The highest BCUT2D eigenvalue weighted by atomic mass is 79.9. The van der Waals surface area contributed by atoms with Gasteiger partial charge in [-0.3, -0.25) is 0 Å². The molecule has 1 heterocycles. The van der Waals surface area contributed by atoms with Gasteiger partial charge in [0.1, 0.15) is 11.6 Å². The predicted molar refractivity (Wildman–Crippen MR) is 77.9 cm³/mol. The van der Waals surface area contributed by atoms with Crippen molar-refractivity contribution >= 4 is 27.5 Å². The summed E-state index contributed by atoms with van der Waals surface area (Å²) in [5.74, 6) is 0.407. The average Bonchev–Trinajstić information content (AvgIpc) is 2.81. The molecule has 0 saturated heterocycles. The van der Waals surface area contributed by atoms with Crippen LogP contribution in [0.2, 0.25) is 5.02 Å². The number of hydrogen-bond acceptors (Lipinski definition) is 2. The number of furan rings is 1. The van der Waals surface area contributed by atoms with Crippen molar-refractivity contribution in [1.82, 2.24) is 5.32 Å². The molecule has 0 aliphatic carbocycles. The lowest BCUT2D eigenvalue weighted by Gasteiger charge is -2.16. The molecular weight excluding hydrogens is 333 g/mol. The summed E-state index contributed by atoms with van der Waals surface area (Å²) in [4.78, 5) is 0. The van der Waals surface area contributed by atoms with E-state index in [1.54, 1.807) is 6.07 Å². The summed E-state index contributed by atoms with van der Waals surface area (Å²) in [6.07, 6.45) is 0.574. The first-order valence-electron chi connectivity index (χ1n) is 6.03. The Kier molecular flexibility index (Phi) is 5.02. The minimum atomic E-state index is -0.393. The number of likely N-dealkylation sites (N-methyl/N-ethyl adjacent to an activating group) is 1. The molecule has 0 radical (unpaired) electrons. The molecule has 19 heavy (non-hydrogen) atoms. The Morgan fingerprint density at radius 1 is 1.37 bits per heavy atom. The van der Waals surface area contributed by atoms with Crippen molar-refractivity contribution in [1.29, 1.82) is 0 Å². The lowest BCUT2D eigenvalue weighted by atomic mass is 10.0. The molecule has 1 aromatic carbocycles. The van der Waals surface area contributed by atoms with Gasteiger partial charge in [0.25, 0.3) is 0 Å². The van der Waals surface area contributed by atoms with E-state index in [9.17, 15) is 4.39 Å². The maximum Gasteiger partial charge on any atom is 0.169 e. The Bertz CT molecular complexity index is 558. The highest BCUT2D eigenvalue weighted by molar-refractivity contribution is 9.10. The molecule has 102 valence electrons. The Morgan fingerprint density at radius 3 is 2.79 bits per heavy atom. The third-order valence-corrected chi connectivity index (χ3v) is 3.69. The molecule has 2 nitrogen and oxygen atoms in total. The highest BCUT2D eigenvalue weighted by Crippen LogP contribution is 2.27. The smallest absolute Gasteiger partial charge is 0.169 e. The average molecular weight is 347 g/mol. The zero-order chi connectivity index (χ0) is 13.8. The first-order valence-corrected chi connectivity index (χ1v) is 7.20.